The molecule has 0 saturated heterocycles. The predicted molar refractivity (Wildman–Crippen MR) is 78.6 cm³/mol. The third kappa shape index (κ3) is 5.22. The second-order valence-electron chi connectivity index (χ2n) is 3.93. The Hall–Kier alpha value is -1.04. The van der Waals surface area contributed by atoms with E-state index in [1.807, 2.05) is 24.4 Å². The van der Waals surface area contributed by atoms with E-state index in [2.05, 4.69) is 22.5 Å². The molecule has 19 heavy (non-hydrogen) atoms. The Morgan fingerprint density at radius 3 is 2.74 bits per heavy atom. The average molecular weight is 331 g/mol. The maximum atomic E-state index is 8.80. The first-order chi connectivity index (χ1) is 9.22. The summed E-state index contributed by atoms with van der Waals surface area (Å²) in [6, 6.07) is 3.89. The van der Waals surface area contributed by atoms with Gasteiger partial charge in [0.1, 0.15) is 13.2 Å². The zero-order valence-corrected chi connectivity index (χ0v) is 12.8. The Morgan fingerprint density at radius 2 is 2.11 bits per heavy atom. The molecule has 0 bridgehead atoms. The minimum atomic E-state index is 0.177. The maximum Gasteiger partial charge on any atom is 0.162 e. The molecule has 1 aromatic rings. The van der Waals surface area contributed by atoms with Gasteiger partial charge in [-0.1, -0.05) is 28.6 Å². The van der Waals surface area contributed by atoms with Crippen molar-refractivity contribution in [2.75, 3.05) is 26.4 Å². The summed E-state index contributed by atoms with van der Waals surface area (Å²) in [6.07, 6.45) is 1.70. The fraction of sp³-hybridized carbons (Fsp3) is 0.429. The number of aliphatic hydroxyl groups excluding tert-OH is 1. The highest BCUT2D eigenvalue weighted by atomic mass is 79.9. The topological polar surface area (TPSA) is 55.3 Å². The summed E-state index contributed by atoms with van der Waals surface area (Å²) in [4.78, 5) is 0. The van der Waals surface area contributed by atoms with Gasteiger partial charge in [0.25, 0.3) is 0 Å². The maximum absolute atomic E-state index is 8.80. The summed E-state index contributed by atoms with van der Waals surface area (Å²) in [5.41, 5.74) is 1.11. The molecule has 0 aliphatic heterocycles. The summed E-state index contributed by atoms with van der Waals surface area (Å²) in [5.74, 6) is 1.44. The first-order valence-electron chi connectivity index (χ1n) is 6.34. The fourth-order valence-corrected chi connectivity index (χ4v) is 2.10. The smallest absolute Gasteiger partial charge is 0.162 e. The van der Waals surface area contributed by atoms with Crippen LogP contribution in [0.15, 0.2) is 29.3 Å². The van der Waals surface area contributed by atoms with E-state index in [4.69, 9.17) is 14.6 Å². The number of benzene rings is 1. The van der Waals surface area contributed by atoms with Crippen molar-refractivity contribution in [3.05, 3.63) is 34.8 Å². The molecule has 0 atom stereocenters. The summed E-state index contributed by atoms with van der Waals surface area (Å²) in [7, 11) is 0. The Balaban J connectivity index is 2.88. The van der Waals surface area contributed by atoms with Gasteiger partial charge in [-0.2, -0.15) is 0 Å². The average Bonchev–Trinajstić information content (AvgIpc) is 2.40. The number of aliphatic hydroxyl groups is 1. The first kappa shape index (κ1) is 16.0. The minimum absolute atomic E-state index is 0.177. The molecule has 0 fully saturated rings. The van der Waals surface area contributed by atoms with Crippen LogP contribution in [-0.2, 0) is 6.54 Å². The van der Waals surface area contributed by atoms with Crippen molar-refractivity contribution < 1.29 is 19.9 Å². The minimum Gasteiger partial charge on any atom is -0.490 e. The molecule has 0 aliphatic carbocycles. The molecule has 4 nitrogen and oxygen atoms in total. The van der Waals surface area contributed by atoms with Gasteiger partial charge < -0.3 is 19.9 Å². The van der Waals surface area contributed by atoms with Crippen LogP contribution in [0.1, 0.15) is 12.5 Å². The number of rotatable bonds is 9. The second-order valence-corrected chi connectivity index (χ2v) is 4.78. The van der Waals surface area contributed by atoms with Crippen LogP contribution in [0.5, 0.6) is 11.5 Å². The van der Waals surface area contributed by atoms with Gasteiger partial charge >= 0.3 is 0 Å². The largest absolute Gasteiger partial charge is 0.490 e. The van der Waals surface area contributed by atoms with E-state index in [-0.39, 0.29) is 6.61 Å². The molecular weight excluding hydrogens is 310 g/mol. The quantitative estimate of drug-likeness (QED) is 0.532. The Morgan fingerprint density at radius 1 is 1.37 bits per heavy atom. The van der Waals surface area contributed by atoms with Crippen molar-refractivity contribution in [2.45, 2.75) is 13.5 Å². The molecule has 0 heterocycles. The van der Waals surface area contributed by atoms with Gasteiger partial charge in [0.05, 0.1) is 19.8 Å². The molecule has 1 aromatic carbocycles. The SMILES string of the molecule is C=CCOc1cc(Br)c(C[NH2+]CCO)cc1OCC. The third-order valence-electron chi connectivity index (χ3n) is 2.47. The van der Waals surface area contributed by atoms with Gasteiger partial charge in [0.15, 0.2) is 11.5 Å². The number of hydrogen-bond acceptors (Lipinski definition) is 3. The van der Waals surface area contributed by atoms with Crippen molar-refractivity contribution in [3.63, 3.8) is 0 Å². The van der Waals surface area contributed by atoms with E-state index in [1.54, 1.807) is 6.08 Å². The van der Waals surface area contributed by atoms with Crippen molar-refractivity contribution in [1.29, 1.82) is 0 Å². The van der Waals surface area contributed by atoms with Crippen molar-refractivity contribution >= 4 is 15.9 Å². The Bertz CT molecular complexity index is 410. The van der Waals surface area contributed by atoms with E-state index in [0.29, 0.717) is 25.5 Å². The Labute approximate surface area is 122 Å². The van der Waals surface area contributed by atoms with Crippen molar-refractivity contribution in [2.24, 2.45) is 0 Å². The summed E-state index contributed by atoms with van der Waals surface area (Å²) < 4.78 is 12.1. The van der Waals surface area contributed by atoms with E-state index < -0.39 is 0 Å². The van der Waals surface area contributed by atoms with Gasteiger partial charge in [0, 0.05) is 10.0 Å². The normalized spacial score (nSPS) is 10.3. The molecule has 5 heteroatoms. The molecule has 0 radical (unpaired) electrons. The van der Waals surface area contributed by atoms with Crippen LogP contribution in [0.4, 0.5) is 0 Å². The fourth-order valence-electron chi connectivity index (χ4n) is 1.61. The van der Waals surface area contributed by atoms with Gasteiger partial charge in [-0.25, -0.2) is 0 Å². The van der Waals surface area contributed by atoms with E-state index in [1.165, 1.54) is 0 Å². The third-order valence-corrected chi connectivity index (χ3v) is 3.20. The molecule has 0 unspecified atom stereocenters. The van der Waals surface area contributed by atoms with Crippen LogP contribution in [0, 0.1) is 0 Å². The monoisotopic (exact) mass is 330 g/mol. The van der Waals surface area contributed by atoms with Gasteiger partial charge in [-0.05, 0) is 19.1 Å². The lowest BCUT2D eigenvalue weighted by molar-refractivity contribution is -0.671. The van der Waals surface area contributed by atoms with Crippen molar-refractivity contribution in [3.8, 4) is 11.5 Å². The molecule has 0 spiro atoms. The van der Waals surface area contributed by atoms with E-state index in [0.717, 1.165) is 22.3 Å². The molecule has 0 amide bonds. The lowest BCUT2D eigenvalue weighted by Gasteiger charge is -2.13. The van der Waals surface area contributed by atoms with Gasteiger partial charge in [0.2, 0.25) is 0 Å². The summed E-state index contributed by atoms with van der Waals surface area (Å²) in [5, 5.41) is 10.8. The van der Waals surface area contributed by atoms with E-state index in [9.17, 15) is 0 Å². The number of quaternary nitrogens is 1. The highest BCUT2D eigenvalue weighted by Crippen LogP contribution is 2.33. The van der Waals surface area contributed by atoms with Gasteiger partial charge in [-0.15, -0.1) is 0 Å². The molecule has 0 aromatic heterocycles. The van der Waals surface area contributed by atoms with Crippen LogP contribution < -0.4 is 14.8 Å². The zero-order chi connectivity index (χ0) is 14.1. The molecule has 106 valence electrons. The van der Waals surface area contributed by atoms with Crippen LogP contribution in [-0.4, -0.2) is 31.5 Å². The molecule has 0 saturated carbocycles. The molecule has 1 rings (SSSR count). The van der Waals surface area contributed by atoms with Crippen LogP contribution in [0.3, 0.4) is 0 Å². The van der Waals surface area contributed by atoms with Crippen molar-refractivity contribution in [1.82, 2.24) is 0 Å². The lowest BCUT2D eigenvalue weighted by atomic mass is 10.2. The molecular formula is C14H21BrNO3+. The standard InChI is InChI=1S/C14H20BrNO3/c1-3-7-19-14-9-12(15)11(10-16-5-6-17)8-13(14)18-4-2/h3,8-9,16-17H,1,4-7,10H2,2H3/p+1. The van der Waals surface area contributed by atoms with E-state index >= 15 is 0 Å². The van der Waals surface area contributed by atoms with Crippen LogP contribution in [0.25, 0.3) is 0 Å². The van der Waals surface area contributed by atoms with Gasteiger partial charge in [-0.3, -0.25) is 0 Å². The van der Waals surface area contributed by atoms with Crippen LogP contribution in [0.2, 0.25) is 0 Å². The summed E-state index contributed by atoms with van der Waals surface area (Å²) in [6.45, 7) is 8.26. The number of nitrogens with two attached hydrogens (primary N) is 1. The first-order valence-corrected chi connectivity index (χ1v) is 7.13. The second kappa shape index (κ2) is 8.96. The number of halogens is 1. The highest BCUT2D eigenvalue weighted by molar-refractivity contribution is 9.10. The summed E-state index contributed by atoms with van der Waals surface area (Å²) >= 11 is 3.53. The number of ether oxygens (including phenoxy) is 2. The predicted octanol–water partition coefficient (Wildman–Crippen LogP) is 1.47. The highest BCUT2D eigenvalue weighted by Gasteiger charge is 2.11. The lowest BCUT2D eigenvalue weighted by Crippen LogP contribution is -2.83. The van der Waals surface area contributed by atoms with Crippen LogP contribution >= 0.6 is 15.9 Å². The molecule has 0 aliphatic rings. The zero-order valence-electron chi connectivity index (χ0n) is 11.2. The Kier molecular flexibility index (Phi) is 7.55. The molecule has 3 N–H and O–H groups in total. The number of hydrogen-bond donors (Lipinski definition) is 2.